The Morgan fingerprint density at radius 2 is 2.00 bits per heavy atom. The van der Waals surface area contributed by atoms with Gasteiger partial charge in [-0.05, 0) is 36.7 Å². The van der Waals surface area contributed by atoms with Crippen LogP contribution in [0.2, 0.25) is 0 Å². The van der Waals surface area contributed by atoms with Crippen LogP contribution in [0.5, 0.6) is 0 Å². The van der Waals surface area contributed by atoms with Crippen molar-refractivity contribution < 1.29 is 18.1 Å². The van der Waals surface area contributed by atoms with Crippen LogP contribution in [0.1, 0.15) is 25.7 Å². The van der Waals surface area contributed by atoms with Crippen molar-refractivity contribution in [3.05, 3.63) is 28.3 Å². The van der Waals surface area contributed by atoms with Crippen LogP contribution in [-0.4, -0.2) is 61.2 Å². The van der Waals surface area contributed by atoms with Crippen LogP contribution in [-0.2, 0) is 14.8 Å². The predicted molar refractivity (Wildman–Crippen MR) is 115 cm³/mol. The Kier molecular flexibility index (Phi) is 7.99. The molecule has 30 heavy (non-hydrogen) atoms. The maximum atomic E-state index is 13.0. The van der Waals surface area contributed by atoms with Crippen LogP contribution in [0.4, 0.5) is 10.8 Å². The molecule has 0 unspecified atom stereocenters. The molecule has 1 aromatic heterocycles. The van der Waals surface area contributed by atoms with Gasteiger partial charge in [-0.15, -0.1) is 10.2 Å². The molecule has 1 aliphatic heterocycles. The van der Waals surface area contributed by atoms with Gasteiger partial charge < -0.3 is 10.1 Å². The molecule has 1 aromatic carbocycles. The predicted octanol–water partition coefficient (Wildman–Crippen LogP) is 3.22. The van der Waals surface area contributed by atoms with Crippen molar-refractivity contribution >= 4 is 43.9 Å². The molecule has 3 rings (SSSR count). The fraction of sp³-hybridized carbons (Fsp3) is 0.529. The number of ether oxygens (including phenoxy) is 1. The summed E-state index contributed by atoms with van der Waals surface area (Å²) in [6, 6.07) is 4.03. The van der Waals surface area contributed by atoms with Gasteiger partial charge in [-0.2, -0.15) is 4.31 Å². The summed E-state index contributed by atoms with van der Waals surface area (Å²) >= 11 is 2.34. The topological polar surface area (TPSA) is 128 Å². The van der Waals surface area contributed by atoms with E-state index in [0.29, 0.717) is 40.6 Å². The first kappa shape index (κ1) is 22.9. The number of nitrogens with one attached hydrogen (secondary N) is 1. The van der Waals surface area contributed by atoms with Crippen LogP contribution in [0.15, 0.2) is 32.3 Å². The second kappa shape index (κ2) is 10.5. The standard InChI is InChI=1S/C17H23N5O5S3/c1-27-11-8-18-16-19-20-17(29-16)28-15-7-6-13(12-14(15)22(23)24)30(25,26)21-9-4-2-3-5-10-21/h6-7,12H,2-5,8-11H2,1H3,(H,18,19). The summed E-state index contributed by atoms with van der Waals surface area (Å²) in [6.07, 6.45) is 3.58. The molecular formula is C17H23N5O5S3. The first-order valence-electron chi connectivity index (χ1n) is 9.44. The van der Waals surface area contributed by atoms with Gasteiger partial charge in [0.15, 0.2) is 4.34 Å². The second-order valence-electron chi connectivity index (χ2n) is 6.60. The molecule has 10 nitrogen and oxygen atoms in total. The third-order valence-corrected chi connectivity index (χ3v) is 8.41. The molecule has 2 aromatic rings. The Hall–Kier alpha value is -1.80. The van der Waals surface area contributed by atoms with E-state index in [1.165, 1.54) is 27.8 Å². The average Bonchev–Trinajstić information content (AvgIpc) is 2.98. The van der Waals surface area contributed by atoms with Crippen molar-refractivity contribution in [2.45, 2.75) is 39.8 Å². The lowest BCUT2D eigenvalue weighted by molar-refractivity contribution is -0.388. The summed E-state index contributed by atoms with van der Waals surface area (Å²) in [5.41, 5.74) is -0.264. The van der Waals surface area contributed by atoms with Gasteiger partial charge >= 0.3 is 0 Å². The maximum absolute atomic E-state index is 13.0. The Morgan fingerprint density at radius 1 is 1.27 bits per heavy atom. The molecule has 13 heteroatoms. The number of anilines is 1. The number of methoxy groups -OCH3 is 1. The Morgan fingerprint density at radius 3 is 2.67 bits per heavy atom. The number of sulfonamides is 1. The van der Waals surface area contributed by atoms with E-state index in [2.05, 4.69) is 15.5 Å². The zero-order chi connectivity index (χ0) is 21.6. The van der Waals surface area contributed by atoms with Crippen LogP contribution < -0.4 is 5.32 Å². The number of hydrogen-bond acceptors (Lipinski definition) is 10. The highest BCUT2D eigenvalue weighted by Crippen LogP contribution is 2.38. The van der Waals surface area contributed by atoms with Crippen LogP contribution >= 0.6 is 23.1 Å². The Bertz CT molecular complexity index is 974. The van der Waals surface area contributed by atoms with Crippen LogP contribution in [0.25, 0.3) is 0 Å². The molecule has 2 heterocycles. The molecule has 1 saturated heterocycles. The number of nitrogens with zero attached hydrogens (tertiary/aromatic N) is 4. The third kappa shape index (κ3) is 5.66. The summed E-state index contributed by atoms with van der Waals surface area (Å²) in [7, 11) is -2.17. The van der Waals surface area contributed by atoms with Crippen molar-refractivity contribution in [2.75, 3.05) is 38.7 Å². The van der Waals surface area contributed by atoms with Gasteiger partial charge in [0.05, 0.1) is 21.3 Å². The average molecular weight is 474 g/mol. The fourth-order valence-electron chi connectivity index (χ4n) is 2.99. The number of nitro benzene ring substituents is 1. The van der Waals surface area contributed by atoms with E-state index in [4.69, 9.17) is 4.74 Å². The molecule has 0 atom stereocenters. The van der Waals surface area contributed by atoms with Gasteiger partial charge in [-0.1, -0.05) is 24.2 Å². The Labute approximate surface area is 183 Å². The van der Waals surface area contributed by atoms with E-state index in [0.717, 1.165) is 43.5 Å². The highest BCUT2D eigenvalue weighted by Gasteiger charge is 2.28. The third-order valence-electron chi connectivity index (χ3n) is 4.52. The van der Waals surface area contributed by atoms with E-state index in [-0.39, 0.29) is 10.6 Å². The maximum Gasteiger partial charge on any atom is 0.284 e. The molecule has 0 amide bonds. The van der Waals surface area contributed by atoms with E-state index in [9.17, 15) is 18.5 Å². The molecule has 0 aliphatic carbocycles. The molecule has 164 valence electrons. The lowest BCUT2D eigenvalue weighted by Crippen LogP contribution is -2.31. The summed E-state index contributed by atoms with van der Waals surface area (Å²) in [4.78, 5) is 11.3. The smallest absolute Gasteiger partial charge is 0.284 e. The van der Waals surface area contributed by atoms with E-state index in [1.807, 2.05) is 0 Å². The van der Waals surface area contributed by atoms with Crippen molar-refractivity contribution in [1.82, 2.24) is 14.5 Å². The molecule has 0 bridgehead atoms. The molecule has 1 fully saturated rings. The minimum Gasteiger partial charge on any atom is -0.383 e. The fourth-order valence-corrected chi connectivity index (χ4v) is 6.35. The highest BCUT2D eigenvalue weighted by atomic mass is 32.2. The van der Waals surface area contributed by atoms with Gasteiger partial charge in [0, 0.05) is 32.8 Å². The van der Waals surface area contributed by atoms with Crippen LogP contribution in [0, 0.1) is 10.1 Å². The molecule has 1 N–H and O–H groups in total. The number of rotatable bonds is 9. The van der Waals surface area contributed by atoms with Gasteiger partial charge in [0.1, 0.15) is 0 Å². The summed E-state index contributed by atoms with van der Waals surface area (Å²) < 4.78 is 32.8. The van der Waals surface area contributed by atoms with E-state index >= 15 is 0 Å². The number of hydrogen-bond donors (Lipinski definition) is 1. The van der Waals surface area contributed by atoms with Crippen molar-refractivity contribution in [3.63, 3.8) is 0 Å². The lowest BCUT2D eigenvalue weighted by atomic mass is 10.2. The summed E-state index contributed by atoms with van der Waals surface area (Å²) in [6.45, 7) is 1.96. The number of aromatic nitrogens is 2. The SMILES string of the molecule is COCCNc1nnc(Sc2ccc(S(=O)(=O)N3CCCCCC3)cc2[N+](=O)[O-])s1. The molecule has 0 spiro atoms. The first-order chi connectivity index (χ1) is 14.4. The zero-order valence-electron chi connectivity index (χ0n) is 16.4. The monoisotopic (exact) mass is 473 g/mol. The van der Waals surface area contributed by atoms with Gasteiger partial charge in [0.25, 0.3) is 5.69 Å². The van der Waals surface area contributed by atoms with Crippen LogP contribution in [0.3, 0.4) is 0 Å². The molecular weight excluding hydrogens is 450 g/mol. The van der Waals surface area contributed by atoms with Gasteiger partial charge in [0.2, 0.25) is 15.2 Å². The summed E-state index contributed by atoms with van der Waals surface area (Å²) in [5.74, 6) is 0. The van der Waals surface area contributed by atoms with Gasteiger partial charge in [-0.25, -0.2) is 8.42 Å². The Balaban J connectivity index is 1.81. The highest BCUT2D eigenvalue weighted by molar-refractivity contribution is 8.01. The minimum atomic E-state index is -3.77. The van der Waals surface area contributed by atoms with Crippen molar-refractivity contribution in [2.24, 2.45) is 0 Å². The molecule has 1 aliphatic rings. The first-order valence-corrected chi connectivity index (χ1v) is 12.5. The van der Waals surface area contributed by atoms with Gasteiger partial charge in [-0.3, -0.25) is 10.1 Å². The van der Waals surface area contributed by atoms with Crippen molar-refractivity contribution in [3.8, 4) is 0 Å². The van der Waals surface area contributed by atoms with Crippen molar-refractivity contribution in [1.29, 1.82) is 0 Å². The number of benzene rings is 1. The summed E-state index contributed by atoms with van der Waals surface area (Å²) in [5, 5.41) is 23.3. The molecule has 0 saturated carbocycles. The van der Waals surface area contributed by atoms with E-state index < -0.39 is 14.9 Å². The largest absolute Gasteiger partial charge is 0.383 e. The van der Waals surface area contributed by atoms with E-state index in [1.54, 1.807) is 7.11 Å². The number of nitro groups is 1. The molecule has 0 radical (unpaired) electrons. The quantitative estimate of drug-likeness (QED) is 0.332. The second-order valence-corrected chi connectivity index (χ2v) is 10.8. The lowest BCUT2D eigenvalue weighted by Gasteiger charge is -2.20. The zero-order valence-corrected chi connectivity index (χ0v) is 18.9. The normalized spacial score (nSPS) is 15.6. The minimum absolute atomic E-state index is 0.0559.